The van der Waals surface area contributed by atoms with Gasteiger partial charge in [-0.15, -0.1) is 0 Å². The van der Waals surface area contributed by atoms with Crippen LogP contribution in [0.2, 0.25) is 5.02 Å². The molecule has 0 amide bonds. The second-order valence-corrected chi connectivity index (χ2v) is 5.90. The van der Waals surface area contributed by atoms with Gasteiger partial charge in [0.2, 0.25) is 0 Å². The molecule has 0 spiro atoms. The number of carbonyl (C=O) groups is 2. The first-order valence-corrected chi connectivity index (χ1v) is 6.99. The predicted octanol–water partition coefficient (Wildman–Crippen LogP) is 2.35. The van der Waals surface area contributed by atoms with Gasteiger partial charge in [0.1, 0.15) is 5.54 Å². The summed E-state index contributed by atoms with van der Waals surface area (Å²) in [4.78, 5) is 25.5. The van der Waals surface area contributed by atoms with E-state index >= 15 is 0 Å². The quantitative estimate of drug-likeness (QED) is 0.868. The zero-order valence-electron chi connectivity index (χ0n) is 12.2. The first kappa shape index (κ1) is 15.8. The number of halogens is 1. The molecule has 1 fully saturated rings. The summed E-state index contributed by atoms with van der Waals surface area (Å²) in [7, 11) is 3.04. The molecule has 1 N–H and O–H groups in total. The first-order valence-electron chi connectivity index (χ1n) is 6.61. The van der Waals surface area contributed by atoms with E-state index < -0.39 is 29.4 Å². The lowest BCUT2D eigenvalue weighted by Gasteiger charge is -2.33. The summed E-state index contributed by atoms with van der Waals surface area (Å²) in [5.41, 5.74) is -0.275. The Morgan fingerprint density at radius 1 is 1.43 bits per heavy atom. The van der Waals surface area contributed by atoms with E-state index in [0.717, 1.165) is 0 Å². The predicted molar refractivity (Wildman–Crippen MR) is 78.1 cm³/mol. The molecule has 0 radical (unpaired) electrons. The van der Waals surface area contributed by atoms with Gasteiger partial charge in [-0.2, -0.15) is 0 Å². The van der Waals surface area contributed by atoms with Crippen LogP contribution in [-0.2, 0) is 14.3 Å². The molecule has 0 unspecified atom stereocenters. The van der Waals surface area contributed by atoms with Crippen LogP contribution in [0.1, 0.15) is 24.9 Å². The minimum Gasteiger partial charge on any atom is -0.481 e. The Hall–Kier alpha value is -1.59. The maximum atomic E-state index is 12.1. The molecule has 21 heavy (non-hydrogen) atoms. The smallest absolute Gasteiger partial charge is 0.326 e. The number of likely N-dealkylation sites (tertiary alicyclic amines) is 1. The number of nitrogens with zero attached hydrogens (tertiary/aromatic N) is 1. The van der Waals surface area contributed by atoms with Gasteiger partial charge in [0, 0.05) is 5.02 Å². The van der Waals surface area contributed by atoms with E-state index in [4.69, 9.17) is 16.3 Å². The van der Waals surface area contributed by atoms with Gasteiger partial charge in [0.25, 0.3) is 0 Å². The first-order chi connectivity index (χ1) is 9.82. The molecule has 1 aromatic rings. The fourth-order valence-electron chi connectivity index (χ4n) is 3.07. The largest absolute Gasteiger partial charge is 0.481 e. The fourth-order valence-corrected chi connectivity index (χ4v) is 3.32. The van der Waals surface area contributed by atoms with Crippen LogP contribution >= 0.6 is 11.6 Å². The number of aliphatic carboxylic acids is 1. The number of carbonyl (C=O) groups excluding carboxylic acids is 1. The number of esters is 1. The summed E-state index contributed by atoms with van der Waals surface area (Å²) in [5, 5.41) is 10.0. The van der Waals surface area contributed by atoms with Crippen LogP contribution in [0.3, 0.4) is 0 Å². The zero-order chi connectivity index (χ0) is 15.8. The van der Waals surface area contributed by atoms with E-state index in [2.05, 4.69) is 0 Å². The van der Waals surface area contributed by atoms with Crippen LogP contribution in [0, 0.1) is 5.92 Å². The van der Waals surface area contributed by atoms with Gasteiger partial charge in [0.15, 0.2) is 0 Å². The second-order valence-electron chi connectivity index (χ2n) is 5.49. The highest BCUT2D eigenvalue weighted by molar-refractivity contribution is 6.31. The number of ether oxygens (including phenoxy) is 1. The fraction of sp³-hybridized carbons (Fsp3) is 0.467. The van der Waals surface area contributed by atoms with Crippen molar-refractivity contribution in [3.8, 4) is 0 Å². The van der Waals surface area contributed by atoms with Crippen molar-refractivity contribution in [3.63, 3.8) is 0 Å². The molecule has 1 saturated heterocycles. The Morgan fingerprint density at radius 2 is 2.05 bits per heavy atom. The molecule has 6 heteroatoms. The monoisotopic (exact) mass is 311 g/mol. The van der Waals surface area contributed by atoms with Gasteiger partial charge in [0.05, 0.1) is 19.1 Å². The zero-order valence-corrected chi connectivity index (χ0v) is 12.9. The van der Waals surface area contributed by atoms with Crippen molar-refractivity contribution in [2.24, 2.45) is 5.92 Å². The minimum absolute atomic E-state index is 0.182. The number of hydrogen-bond acceptors (Lipinski definition) is 4. The van der Waals surface area contributed by atoms with Gasteiger partial charge in [-0.25, -0.2) is 0 Å². The minimum atomic E-state index is -0.984. The molecule has 0 saturated carbocycles. The molecule has 1 aliphatic rings. The van der Waals surface area contributed by atoms with Crippen LogP contribution in [0.25, 0.3) is 0 Å². The molecule has 0 bridgehead atoms. The Bertz CT molecular complexity index is 577. The van der Waals surface area contributed by atoms with Crippen molar-refractivity contribution < 1.29 is 19.4 Å². The Kier molecular flexibility index (Phi) is 4.25. The van der Waals surface area contributed by atoms with Gasteiger partial charge in [-0.05, 0) is 32.0 Å². The Balaban J connectivity index is 2.50. The normalized spacial score (nSPS) is 29.3. The molecule has 1 heterocycles. The number of hydrogen-bond donors (Lipinski definition) is 1. The van der Waals surface area contributed by atoms with Gasteiger partial charge >= 0.3 is 11.9 Å². The summed E-state index contributed by atoms with van der Waals surface area (Å²) >= 11 is 6.21. The van der Waals surface area contributed by atoms with Crippen molar-refractivity contribution >= 4 is 23.5 Å². The van der Waals surface area contributed by atoms with Crippen molar-refractivity contribution in [3.05, 3.63) is 34.9 Å². The van der Waals surface area contributed by atoms with Crippen molar-refractivity contribution in [1.82, 2.24) is 4.90 Å². The topological polar surface area (TPSA) is 66.8 Å². The van der Waals surface area contributed by atoms with E-state index in [-0.39, 0.29) is 6.42 Å². The Morgan fingerprint density at radius 3 is 2.57 bits per heavy atom. The van der Waals surface area contributed by atoms with E-state index in [9.17, 15) is 14.7 Å². The molecule has 0 aromatic heterocycles. The van der Waals surface area contributed by atoms with Crippen LogP contribution in [0.4, 0.5) is 0 Å². The average molecular weight is 312 g/mol. The SMILES string of the molecule is COC(=O)[C@@]1(C)C[C@@H](C(=O)O)[C@@H](c2ccccc2Cl)N1C. The van der Waals surface area contributed by atoms with Gasteiger partial charge in [-0.3, -0.25) is 14.5 Å². The van der Waals surface area contributed by atoms with Crippen molar-refractivity contribution in [1.29, 1.82) is 0 Å². The molecule has 5 nitrogen and oxygen atoms in total. The number of carboxylic acids is 1. The molecule has 1 aliphatic heterocycles. The highest BCUT2D eigenvalue weighted by atomic mass is 35.5. The summed E-state index contributed by atoms with van der Waals surface area (Å²) in [6.45, 7) is 1.70. The number of likely N-dealkylation sites (N-methyl/N-ethyl adjacent to an activating group) is 1. The van der Waals surface area contributed by atoms with Crippen LogP contribution in [-0.4, -0.2) is 41.6 Å². The standard InChI is InChI=1S/C15H18ClNO4/c1-15(14(20)21-3)8-10(13(18)19)12(17(15)2)9-6-4-5-7-11(9)16/h4-7,10,12H,8H2,1-3H3,(H,18,19)/t10-,12-,15-/m1/s1. The van der Waals surface area contributed by atoms with E-state index in [1.807, 2.05) is 6.07 Å². The summed E-state index contributed by atoms with van der Waals surface area (Å²) < 4.78 is 4.84. The molecule has 3 atom stereocenters. The lowest BCUT2D eigenvalue weighted by atomic mass is 9.90. The number of benzene rings is 1. The lowest BCUT2D eigenvalue weighted by Crippen LogP contribution is -2.47. The summed E-state index contributed by atoms with van der Waals surface area (Å²) in [6, 6.07) is 6.64. The lowest BCUT2D eigenvalue weighted by molar-refractivity contribution is -0.152. The third-order valence-electron chi connectivity index (χ3n) is 4.36. The number of rotatable bonds is 3. The second kappa shape index (κ2) is 5.66. The highest BCUT2D eigenvalue weighted by Crippen LogP contribution is 2.47. The molecular weight excluding hydrogens is 294 g/mol. The summed E-state index contributed by atoms with van der Waals surface area (Å²) in [6.07, 6.45) is 0.182. The van der Waals surface area contributed by atoms with E-state index in [0.29, 0.717) is 10.6 Å². The van der Waals surface area contributed by atoms with Crippen LogP contribution < -0.4 is 0 Å². The van der Waals surface area contributed by atoms with Crippen molar-refractivity contribution in [2.45, 2.75) is 24.9 Å². The van der Waals surface area contributed by atoms with Gasteiger partial charge in [-0.1, -0.05) is 29.8 Å². The van der Waals surface area contributed by atoms with Gasteiger partial charge < -0.3 is 9.84 Å². The number of carboxylic acid groups (broad SMARTS) is 1. The van der Waals surface area contributed by atoms with Crippen molar-refractivity contribution in [2.75, 3.05) is 14.2 Å². The number of methoxy groups -OCH3 is 1. The molecule has 0 aliphatic carbocycles. The average Bonchev–Trinajstić information content (AvgIpc) is 2.73. The van der Waals surface area contributed by atoms with Crippen LogP contribution in [0.15, 0.2) is 24.3 Å². The summed E-state index contributed by atoms with van der Waals surface area (Å²) in [5.74, 6) is -2.11. The molecule has 1 aromatic carbocycles. The van der Waals surface area contributed by atoms with E-state index in [1.165, 1.54) is 7.11 Å². The third kappa shape index (κ3) is 2.51. The molecular formula is C15H18ClNO4. The molecule has 114 valence electrons. The van der Waals surface area contributed by atoms with Crippen LogP contribution in [0.5, 0.6) is 0 Å². The maximum absolute atomic E-state index is 12.1. The van der Waals surface area contributed by atoms with E-state index in [1.54, 1.807) is 37.1 Å². The third-order valence-corrected chi connectivity index (χ3v) is 4.70. The molecule has 2 rings (SSSR count). The Labute approximate surface area is 128 Å². The maximum Gasteiger partial charge on any atom is 0.326 e. The highest BCUT2D eigenvalue weighted by Gasteiger charge is 2.55.